The van der Waals surface area contributed by atoms with Crippen molar-refractivity contribution in [2.24, 2.45) is 0 Å². The van der Waals surface area contributed by atoms with Crippen molar-refractivity contribution >= 4 is 27.4 Å². The van der Waals surface area contributed by atoms with Gasteiger partial charge in [-0.1, -0.05) is 22.0 Å². The molecule has 0 unspecified atom stereocenters. The molecule has 2 aromatic carbocycles. The number of carbonyl (C=O) groups is 1. The fourth-order valence-corrected chi connectivity index (χ4v) is 2.17. The maximum atomic E-state index is 12.0. The van der Waals surface area contributed by atoms with Gasteiger partial charge in [-0.05, 0) is 49.4 Å². The molecule has 0 atom stereocenters. The zero-order valence-corrected chi connectivity index (χ0v) is 13.3. The normalized spacial score (nSPS) is 10.6. The van der Waals surface area contributed by atoms with Gasteiger partial charge in [0, 0.05) is 28.0 Å². The standard InChI is InChI=1S/C17H16BrNO2/c1-2-21-16-8-6-13(7-9-16)17(20)10-11-19-15-5-3-4-14(18)12-15/h3-12,19H,2H2,1H3/b11-10+. The van der Waals surface area contributed by atoms with Crippen LogP contribution in [0, 0.1) is 0 Å². The lowest BCUT2D eigenvalue weighted by molar-refractivity contribution is 0.104. The van der Waals surface area contributed by atoms with Gasteiger partial charge in [0.2, 0.25) is 0 Å². The molecule has 0 aliphatic rings. The van der Waals surface area contributed by atoms with Crippen LogP contribution in [0.2, 0.25) is 0 Å². The first kappa shape index (κ1) is 15.3. The largest absolute Gasteiger partial charge is 0.494 e. The molecule has 0 bridgehead atoms. The molecule has 21 heavy (non-hydrogen) atoms. The number of benzene rings is 2. The first-order valence-corrected chi connectivity index (χ1v) is 7.44. The number of ketones is 1. The molecule has 4 heteroatoms. The Labute approximate surface area is 132 Å². The number of hydrogen-bond acceptors (Lipinski definition) is 3. The monoisotopic (exact) mass is 345 g/mol. The summed E-state index contributed by atoms with van der Waals surface area (Å²) in [6, 6.07) is 14.9. The Bertz CT molecular complexity index is 635. The van der Waals surface area contributed by atoms with Crippen LogP contribution in [-0.4, -0.2) is 12.4 Å². The van der Waals surface area contributed by atoms with E-state index in [2.05, 4.69) is 21.2 Å². The molecule has 0 amide bonds. The van der Waals surface area contributed by atoms with E-state index in [-0.39, 0.29) is 5.78 Å². The minimum absolute atomic E-state index is 0.0551. The number of anilines is 1. The fourth-order valence-electron chi connectivity index (χ4n) is 1.77. The smallest absolute Gasteiger partial charge is 0.187 e. The summed E-state index contributed by atoms with van der Waals surface area (Å²) in [5.74, 6) is 0.714. The molecule has 2 rings (SSSR count). The van der Waals surface area contributed by atoms with Gasteiger partial charge in [-0.15, -0.1) is 0 Å². The van der Waals surface area contributed by atoms with Gasteiger partial charge in [-0.25, -0.2) is 0 Å². The topological polar surface area (TPSA) is 38.3 Å². The van der Waals surface area contributed by atoms with E-state index < -0.39 is 0 Å². The second kappa shape index (κ2) is 7.64. The van der Waals surface area contributed by atoms with E-state index in [1.165, 1.54) is 6.08 Å². The summed E-state index contributed by atoms with van der Waals surface area (Å²) in [4.78, 5) is 12.0. The molecule has 0 radical (unpaired) electrons. The zero-order valence-electron chi connectivity index (χ0n) is 11.7. The van der Waals surface area contributed by atoms with Gasteiger partial charge in [0.25, 0.3) is 0 Å². The van der Waals surface area contributed by atoms with Crippen LogP contribution in [0.3, 0.4) is 0 Å². The van der Waals surface area contributed by atoms with Crippen molar-refractivity contribution in [3.05, 3.63) is 70.8 Å². The van der Waals surface area contributed by atoms with Crippen molar-refractivity contribution < 1.29 is 9.53 Å². The maximum Gasteiger partial charge on any atom is 0.187 e. The van der Waals surface area contributed by atoms with Gasteiger partial charge in [0.15, 0.2) is 5.78 Å². The lowest BCUT2D eigenvalue weighted by atomic mass is 10.1. The first-order chi connectivity index (χ1) is 10.2. The number of ether oxygens (including phenoxy) is 1. The second-order valence-corrected chi connectivity index (χ2v) is 5.23. The number of allylic oxidation sites excluding steroid dienone is 1. The number of rotatable bonds is 6. The summed E-state index contributed by atoms with van der Waals surface area (Å²) >= 11 is 3.40. The summed E-state index contributed by atoms with van der Waals surface area (Å²) in [7, 11) is 0. The van der Waals surface area contributed by atoms with Crippen LogP contribution in [0.1, 0.15) is 17.3 Å². The second-order valence-electron chi connectivity index (χ2n) is 4.31. The molecule has 0 aromatic heterocycles. The minimum atomic E-state index is -0.0551. The number of nitrogens with one attached hydrogen (secondary N) is 1. The molecule has 0 fully saturated rings. The van der Waals surface area contributed by atoms with E-state index in [0.717, 1.165) is 15.9 Å². The Kier molecular flexibility index (Phi) is 5.58. The van der Waals surface area contributed by atoms with E-state index in [1.807, 2.05) is 31.2 Å². The minimum Gasteiger partial charge on any atom is -0.494 e. The van der Waals surface area contributed by atoms with Crippen molar-refractivity contribution in [1.82, 2.24) is 0 Å². The molecule has 0 heterocycles. The highest BCUT2D eigenvalue weighted by Crippen LogP contribution is 2.16. The SMILES string of the molecule is CCOc1ccc(C(=O)/C=C/Nc2cccc(Br)c2)cc1. The number of carbonyl (C=O) groups excluding carboxylic acids is 1. The van der Waals surface area contributed by atoms with Crippen molar-refractivity contribution in [2.75, 3.05) is 11.9 Å². The summed E-state index contributed by atoms with van der Waals surface area (Å²) in [6.07, 6.45) is 3.15. The molecular weight excluding hydrogens is 330 g/mol. The highest BCUT2D eigenvalue weighted by atomic mass is 79.9. The van der Waals surface area contributed by atoms with Crippen LogP contribution in [0.15, 0.2) is 65.3 Å². The van der Waals surface area contributed by atoms with Gasteiger partial charge >= 0.3 is 0 Å². The first-order valence-electron chi connectivity index (χ1n) is 6.65. The van der Waals surface area contributed by atoms with Crippen LogP contribution in [0.4, 0.5) is 5.69 Å². The molecule has 0 aliphatic heterocycles. The third-order valence-electron chi connectivity index (χ3n) is 2.76. The van der Waals surface area contributed by atoms with Crippen molar-refractivity contribution in [3.63, 3.8) is 0 Å². The third-order valence-corrected chi connectivity index (χ3v) is 3.25. The Morgan fingerprint density at radius 2 is 2.00 bits per heavy atom. The molecule has 1 N–H and O–H groups in total. The van der Waals surface area contributed by atoms with Crippen LogP contribution >= 0.6 is 15.9 Å². The molecule has 0 saturated heterocycles. The summed E-state index contributed by atoms with van der Waals surface area (Å²) in [6.45, 7) is 2.54. The third kappa shape index (κ3) is 4.76. The average molecular weight is 346 g/mol. The molecule has 108 valence electrons. The predicted molar refractivity (Wildman–Crippen MR) is 88.8 cm³/mol. The van der Waals surface area contributed by atoms with E-state index >= 15 is 0 Å². The predicted octanol–water partition coefficient (Wildman–Crippen LogP) is 4.66. The fraction of sp³-hybridized carbons (Fsp3) is 0.118. The highest BCUT2D eigenvalue weighted by Gasteiger charge is 2.01. The summed E-state index contributed by atoms with van der Waals surface area (Å²) in [5, 5.41) is 3.06. The van der Waals surface area contributed by atoms with Crippen molar-refractivity contribution in [1.29, 1.82) is 0 Å². The van der Waals surface area contributed by atoms with Gasteiger partial charge < -0.3 is 10.1 Å². The van der Waals surface area contributed by atoms with E-state index in [9.17, 15) is 4.79 Å². The maximum absolute atomic E-state index is 12.0. The average Bonchev–Trinajstić information content (AvgIpc) is 2.48. The molecule has 0 saturated carbocycles. The van der Waals surface area contributed by atoms with Crippen LogP contribution < -0.4 is 10.1 Å². The Morgan fingerprint density at radius 1 is 1.24 bits per heavy atom. The van der Waals surface area contributed by atoms with Crippen LogP contribution in [0.25, 0.3) is 0 Å². The molecule has 0 aliphatic carbocycles. The van der Waals surface area contributed by atoms with Gasteiger partial charge in [-0.2, -0.15) is 0 Å². The lowest BCUT2D eigenvalue weighted by Gasteiger charge is -2.03. The Hall–Kier alpha value is -2.07. The number of hydrogen-bond donors (Lipinski definition) is 1. The molecular formula is C17H16BrNO2. The molecule has 2 aromatic rings. The van der Waals surface area contributed by atoms with Gasteiger partial charge in [0.05, 0.1) is 6.61 Å². The van der Waals surface area contributed by atoms with E-state index in [0.29, 0.717) is 12.2 Å². The van der Waals surface area contributed by atoms with Crippen LogP contribution in [0.5, 0.6) is 5.75 Å². The van der Waals surface area contributed by atoms with E-state index in [1.54, 1.807) is 30.5 Å². The number of halogens is 1. The summed E-state index contributed by atoms with van der Waals surface area (Å²) < 4.78 is 6.33. The summed E-state index contributed by atoms with van der Waals surface area (Å²) in [5.41, 5.74) is 1.55. The van der Waals surface area contributed by atoms with Gasteiger partial charge in [-0.3, -0.25) is 4.79 Å². The molecule has 3 nitrogen and oxygen atoms in total. The van der Waals surface area contributed by atoms with Gasteiger partial charge in [0.1, 0.15) is 5.75 Å². The lowest BCUT2D eigenvalue weighted by Crippen LogP contribution is -1.97. The zero-order chi connectivity index (χ0) is 15.1. The highest BCUT2D eigenvalue weighted by molar-refractivity contribution is 9.10. The molecule has 0 spiro atoms. The Morgan fingerprint density at radius 3 is 2.67 bits per heavy atom. The Balaban J connectivity index is 1.95. The van der Waals surface area contributed by atoms with E-state index in [4.69, 9.17) is 4.74 Å². The quantitative estimate of drug-likeness (QED) is 0.611. The van der Waals surface area contributed by atoms with Crippen molar-refractivity contribution in [2.45, 2.75) is 6.92 Å². The van der Waals surface area contributed by atoms with Crippen molar-refractivity contribution in [3.8, 4) is 5.75 Å². The van der Waals surface area contributed by atoms with Crippen LogP contribution in [-0.2, 0) is 0 Å².